The van der Waals surface area contributed by atoms with Gasteiger partial charge in [0.1, 0.15) is 17.6 Å². The molecule has 0 aromatic heterocycles. The number of hydrogen-bond acceptors (Lipinski definition) is 3. The summed E-state index contributed by atoms with van der Waals surface area (Å²) in [7, 11) is 1.63. The number of rotatable bonds is 6. The van der Waals surface area contributed by atoms with E-state index in [4.69, 9.17) is 15.2 Å². The van der Waals surface area contributed by atoms with Gasteiger partial charge in [-0.1, -0.05) is 23.8 Å². The van der Waals surface area contributed by atoms with Gasteiger partial charge in [0.05, 0.1) is 13.7 Å². The van der Waals surface area contributed by atoms with E-state index in [0.717, 1.165) is 17.2 Å². The van der Waals surface area contributed by atoms with Crippen LogP contribution >= 0.6 is 0 Å². The van der Waals surface area contributed by atoms with Gasteiger partial charge in [-0.15, -0.1) is 0 Å². The van der Waals surface area contributed by atoms with Crippen LogP contribution in [-0.2, 0) is 0 Å². The maximum atomic E-state index is 5.90. The van der Waals surface area contributed by atoms with Crippen molar-refractivity contribution >= 4 is 11.6 Å². The molecule has 0 radical (unpaired) electrons. The molecule has 1 atom stereocenters. The summed E-state index contributed by atoms with van der Waals surface area (Å²) in [6.45, 7) is 4.47. The fraction of sp³-hybridized carbons (Fsp3) is 0.278. The highest BCUT2D eigenvalue weighted by atomic mass is 16.5. The predicted molar refractivity (Wildman–Crippen MR) is 94.4 cm³/mol. The Kier molecular flexibility index (Phi) is 5.86. The van der Waals surface area contributed by atoms with E-state index in [1.807, 2.05) is 62.4 Å². The van der Waals surface area contributed by atoms with Crippen molar-refractivity contribution in [3.63, 3.8) is 0 Å². The van der Waals surface area contributed by atoms with E-state index in [1.54, 1.807) is 7.11 Å². The molecule has 0 saturated heterocycles. The molecular weight excluding hydrogens is 290 g/mol. The number of aryl methyl sites for hydroxylation is 1. The third kappa shape index (κ3) is 5.54. The first-order chi connectivity index (χ1) is 11.1. The average Bonchev–Trinajstić information content (AvgIpc) is 2.55. The standard InChI is InChI=1S/C18H23N3O2/c1-13-7-9-16(10-8-13)23-14(2)12-20-18(19)21-15-5-4-6-17(11-15)22-3/h4-11,14H,12H2,1-3H3,(H3,19,20,21). The first-order valence-electron chi connectivity index (χ1n) is 7.51. The highest BCUT2D eigenvalue weighted by Crippen LogP contribution is 2.16. The summed E-state index contributed by atoms with van der Waals surface area (Å²) in [5, 5.41) is 3.04. The second-order valence-electron chi connectivity index (χ2n) is 5.32. The lowest BCUT2D eigenvalue weighted by Gasteiger charge is -2.13. The number of methoxy groups -OCH3 is 1. The van der Waals surface area contributed by atoms with E-state index < -0.39 is 0 Å². The van der Waals surface area contributed by atoms with E-state index in [-0.39, 0.29) is 6.10 Å². The lowest BCUT2D eigenvalue weighted by molar-refractivity contribution is 0.230. The van der Waals surface area contributed by atoms with Gasteiger partial charge in [-0.05, 0) is 38.1 Å². The number of ether oxygens (including phenoxy) is 2. The summed E-state index contributed by atoms with van der Waals surface area (Å²) in [5.74, 6) is 1.94. The molecule has 0 saturated carbocycles. The molecule has 0 aliphatic carbocycles. The zero-order valence-electron chi connectivity index (χ0n) is 13.7. The van der Waals surface area contributed by atoms with Crippen molar-refractivity contribution < 1.29 is 9.47 Å². The number of benzene rings is 2. The molecule has 0 fully saturated rings. The van der Waals surface area contributed by atoms with Crippen LogP contribution < -0.4 is 20.5 Å². The zero-order chi connectivity index (χ0) is 16.7. The summed E-state index contributed by atoms with van der Waals surface area (Å²) in [6.07, 6.45) is -0.0663. The second kappa shape index (κ2) is 8.08. The highest BCUT2D eigenvalue weighted by Gasteiger charge is 2.04. The summed E-state index contributed by atoms with van der Waals surface area (Å²) < 4.78 is 11.0. The molecule has 5 nitrogen and oxygen atoms in total. The van der Waals surface area contributed by atoms with Crippen molar-refractivity contribution in [1.29, 1.82) is 0 Å². The third-order valence-electron chi connectivity index (χ3n) is 3.22. The van der Waals surface area contributed by atoms with Gasteiger partial charge in [-0.3, -0.25) is 0 Å². The van der Waals surface area contributed by atoms with Gasteiger partial charge >= 0.3 is 0 Å². The van der Waals surface area contributed by atoms with Crippen molar-refractivity contribution in [3.8, 4) is 11.5 Å². The Morgan fingerprint density at radius 2 is 1.91 bits per heavy atom. The quantitative estimate of drug-likeness (QED) is 0.635. The Bertz CT molecular complexity index is 654. The van der Waals surface area contributed by atoms with Gasteiger partial charge in [-0.25, -0.2) is 4.99 Å². The summed E-state index contributed by atoms with van der Waals surface area (Å²) in [5.41, 5.74) is 7.94. The van der Waals surface area contributed by atoms with E-state index >= 15 is 0 Å². The lowest BCUT2D eigenvalue weighted by Crippen LogP contribution is -2.25. The smallest absolute Gasteiger partial charge is 0.193 e. The van der Waals surface area contributed by atoms with E-state index in [1.165, 1.54) is 5.56 Å². The zero-order valence-corrected chi connectivity index (χ0v) is 13.7. The number of guanidine groups is 1. The maximum Gasteiger partial charge on any atom is 0.193 e. The molecule has 2 aromatic rings. The number of aliphatic imine (C=N–C) groups is 1. The first kappa shape index (κ1) is 16.7. The molecule has 0 aliphatic rings. The molecule has 0 amide bonds. The van der Waals surface area contributed by atoms with E-state index in [9.17, 15) is 0 Å². The second-order valence-corrected chi connectivity index (χ2v) is 5.32. The molecule has 23 heavy (non-hydrogen) atoms. The summed E-state index contributed by atoms with van der Waals surface area (Å²) >= 11 is 0. The molecule has 122 valence electrons. The molecule has 1 unspecified atom stereocenters. The third-order valence-corrected chi connectivity index (χ3v) is 3.22. The number of hydrogen-bond donors (Lipinski definition) is 2. The minimum Gasteiger partial charge on any atom is -0.497 e. The monoisotopic (exact) mass is 313 g/mol. The molecule has 0 bridgehead atoms. The van der Waals surface area contributed by atoms with Gasteiger partial charge in [0.2, 0.25) is 0 Å². The number of nitrogens with zero attached hydrogens (tertiary/aromatic N) is 1. The van der Waals surface area contributed by atoms with Crippen molar-refractivity contribution in [1.82, 2.24) is 0 Å². The van der Waals surface area contributed by atoms with E-state index in [2.05, 4.69) is 10.3 Å². The minimum atomic E-state index is -0.0663. The minimum absolute atomic E-state index is 0.0663. The molecule has 5 heteroatoms. The van der Waals surface area contributed by atoms with Crippen LogP contribution in [0.4, 0.5) is 5.69 Å². The SMILES string of the molecule is COc1cccc(NC(N)=NCC(C)Oc2ccc(C)cc2)c1. The van der Waals surface area contributed by atoms with Crippen molar-refractivity contribution in [2.24, 2.45) is 10.7 Å². The highest BCUT2D eigenvalue weighted by molar-refractivity contribution is 5.92. The van der Waals surface area contributed by atoms with Gasteiger partial charge in [0, 0.05) is 11.8 Å². The fourth-order valence-electron chi connectivity index (χ4n) is 2.00. The predicted octanol–water partition coefficient (Wildman–Crippen LogP) is 3.20. The molecule has 0 heterocycles. The molecule has 2 rings (SSSR count). The summed E-state index contributed by atoms with van der Waals surface area (Å²) in [6, 6.07) is 15.5. The van der Waals surface area contributed by atoms with E-state index in [0.29, 0.717) is 12.5 Å². The number of nitrogens with two attached hydrogens (primary N) is 1. The normalized spacial score (nSPS) is 12.6. The largest absolute Gasteiger partial charge is 0.497 e. The molecular formula is C18H23N3O2. The van der Waals surface area contributed by atoms with Crippen LogP contribution in [0.15, 0.2) is 53.5 Å². The lowest BCUT2D eigenvalue weighted by atomic mass is 10.2. The van der Waals surface area contributed by atoms with Gasteiger partial charge in [0.15, 0.2) is 5.96 Å². The first-order valence-corrected chi connectivity index (χ1v) is 7.51. The number of anilines is 1. The molecule has 3 N–H and O–H groups in total. The average molecular weight is 313 g/mol. The Morgan fingerprint density at radius 3 is 2.61 bits per heavy atom. The van der Waals surface area contributed by atoms with Crippen molar-refractivity contribution in [2.45, 2.75) is 20.0 Å². The van der Waals surface area contributed by atoms with Crippen molar-refractivity contribution in [2.75, 3.05) is 19.0 Å². The van der Waals surface area contributed by atoms with Crippen LogP contribution in [0.2, 0.25) is 0 Å². The van der Waals surface area contributed by atoms with Gasteiger partial charge < -0.3 is 20.5 Å². The fourth-order valence-corrected chi connectivity index (χ4v) is 2.00. The molecule has 0 spiro atoms. The van der Waals surface area contributed by atoms with Crippen LogP contribution in [0.5, 0.6) is 11.5 Å². The van der Waals surface area contributed by atoms with Gasteiger partial charge in [0.25, 0.3) is 0 Å². The van der Waals surface area contributed by atoms with Crippen LogP contribution in [0.1, 0.15) is 12.5 Å². The van der Waals surface area contributed by atoms with Gasteiger partial charge in [-0.2, -0.15) is 0 Å². The number of nitrogens with one attached hydrogen (secondary N) is 1. The molecule has 0 aliphatic heterocycles. The van der Waals surface area contributed by atoms with Crippen LogP contribution in [0.3, 0.4) is 0 Å². The van der Waals surface area contributed by atoms with Crippen LogP contribution in [-0.4, -0.2) is 25.7 Å². The summed E-state index contributed by atoms with van der Waals surface area (Å²) in [4.78, 5) is 4.31. The Balaban J connectivity index is 1.86. The Labute approximate surface area is 137 Å². The molecule has 2 aromatic carbocycles. The topological polar surface area (TPSA) is 68.9 Å². The Morgan fingerprint density at radius 1 is 1.17 bits per heavy atom. The van der Waals surface area contributed by atoms with Crippen molar-refractivity contribution in [3.05, 3.63) is 54.1 Å². The maximum absolute atomic E-state index is 5.90. The van der Waals surface area contributed by atoms with Crippen LogP contribution in [0, 0.1) is 6.92 Å². The van der Waals surface area contributed by atoms with Crippen LogP contribution in [0.25, 0.3) is 0 Å². The Hall–Kier alpha value is -2.69.